The minimum absolute atomic E-state index is 0.0245. The maximum atomic E-state index is 11.9. The molecule has 0 spiro atoms. The van der Waals surface area contributed by atoms with Crippen LogP contribution in [0.1, 0.15) is 15.9 Å². The van der Waals surface area contributed by atoms with Gasteiger partial charge in [-0.25, -0.2) is 0 Å². The predicted octanol–water partition coefficient (Wildman–Crippen LogP) is 4.95. The lowest BCUT2D eigenvalue weighted by atomic mass is 10.1. The molecule has 0 saturated carbocycles. The molecule has 0 aromatic heterocycles. The first-order valence-corrected chi connectivity index (χ1v) is 7.26. The van der Waals surface area contributed by atoms with Crippen LogP contribution in [0.2, 0.25) is 0 Å². The summed E-state index contributed by atoms with van der Waals surface area (Å²) in [5, 5.41) is 0. The van der Waals surface area contributed by atoms with Gasteiger partial charge in [-0.1, -0.05) is 46.3 Å². The van der Waals surface area contributed by atoms with Crippen molar-refractivity contribution in [3.8, 4) is 0 Å². The highest BCUT2D eigenvalue weighted by atomic mass is 127. The van der Waals surface area contributed by atoms with E-state index >= 15 is 0 Å². The topological polar surface area (TPSA) is 17.1 Å². The number of hydrogen-bond donors (Lipinski definition) is 0. The summed E-state index contributed by atoms with van der Waals surface area (Å²) in [5.41, 5.74) is 1.73. The van der Waals surface area contributed by atoms with Crippen molar-refractivity contribution >= 4 is 50.4 Å². The quantitative estimate of drug-likeness (QED) is 0.396. The Balaban J connectivity index is 2.14. The first-order chi connectivity index (χ1) is 8.65. The molecule has 0 bridgehead atoms. The van der Waals surface area contributed by atoms with Crippen molar-refractivity contribution in [2.45, 2.75) is 0 Å². The number of halogens is 2. The minimum atomic E-state index is 0.0245. The van der Waals surface area contributed by atoms with Crippen molar-refractivity contribution in [2.75, 3.05) is 0 Å². The minimum Gasteiger partial charge on any atom is -0.289 e. The smallest absolute Gasteiger partial charge is 0.185 e. The monoisotopic (exact) mass is 412 g/mol. The van der Waals surface area contributed by atoms with Crippen molar-refractivity contribution in [2.24, 2.45) is 0 Å². The molecule has 2 rings (SSSR count). The second kappa shape index (κ2) is 6.29. The molecular weight excluding hydrogens is 403 g/mol. The fourth-order valence-electron chi connectivity index (χ4n) is 1.48. The number of carbonyl (C=O) groups is 1. The standard InChI is InChI=1S/C15H10BrIO/c16-13-7-4-11(5-8-13)6-9-15(18)12-2-1-3-14(17)10-12/h1-10H/b9-6+. The summed E-state index contributed by atoms with van der Waals surface area (Å²) in [7, 11) is 0. The van der Waals surface area contributed by atoms with Gasteiger partial charge < -0.3 is 0 Å². The average Bonchev–Trinajstić information content (AvgIpc) is 2.38. The molecule has 0 unspecified atom stereocenters. The van der Waals surface area contributed by atoms with Crippen LogP contribution >= 0.6 is 38.5 Å². The third-order valence-corrected chi connectivity index (χ3v) is 3.61. The molecule has 0 radical (unpaired) electrons. The third kappa shape index (κ3) is 3.78. The highest BCUT2D eigenvalue weighted by Gasteiger charge is 2.01. The molecule has 3 heteroatoms. The number of allylic oxidation sites excluding steroid dienone is 1. The van der Waals surface area contributed by atoms with Crippen molar-refractivity contribution in [3.05, 3.63) is 73.8 Å². The van der Waals surface area contributed by atoms with Gasteiger partial charge in [-0.05, 0) is 58.5 Å². The predicted molar refractivity (Wildman–Crippen MR) is 86.7 cm³/mol. The molecule has 0 fully saturated rings. The van der Waals surface area contributed by atoms with Gasteiger partial charge in [0.2, 0.25) is 0 Å². The summed E-state index contributed by atoms with van der Waals surface area (Å²) in [6.07, 6.45) is 3.43. The van der Waals surface area contributed by atoms with Crippen LogP contribution in [0.5, 0.6) is 0 Å². The van der Waals surface area contributed by atoms with E-state index in [-0.39, 0.29) is 5.78 Å². The maximum absolute atomic E-state index is 11.9. The van der Waals surface area contributed by atoms with Crippen LogP contribution in [0.25, 0.3) is 6.08 Å². The zero-order chi connectivity index (χ0) is 13.0. The van der Waals surface area contributed by atoms with Gasteiger partial charge in [0.25, 0.3) is 0 Å². The second-order valence-electron chi connectivity index (χ2n) is 3.76. The van der Waals surface area contributed by atoms with Crippen LogP contribution in [0, 0.1) is 3.57 Å². The van der Waals surface area contributed by atoms with Crippen LogP contribution in [-0.4, -0.2) is 5.78 Å². The van der Waals surface area contributed by atoms with Crippen LogP contribution in [0.3, 0.4) is 0 Å². The molecule has 2 aromatic rings. The Morgan fingerprint density at radius 2 is 1.83 bits per heavy atom. The van der Waals surface area contributed by atoms with E-state index in [1.165, 1.54) is 0 Å². The molecule has 0 saturated heterocycles. The Morgan fingerprint density at radius 3 is 2.50 bits per heavy atom. The Morgan fingerprint density at radius 1 is 1.11 bits per heavy atom. The van der Waals surface area contributed by atoms with Crippen LogP contribution in [0.4, 0.5) is 0 Å². The molecule has 0 N–H and O–H groups in total. The van der Waals surface area contributed by atoms with Gasteiger partial charge in [-0.15, -0.1) is 0 Å². The lowest BCUT2D eigenvalue weighted by Crippen LogP contribution is -1.94. The van der Waals surface area contributed by atoms with Crippen LogP contribution in [-0.2, 0) is 0 Å². The van der Waals surface area contributed by atoms with Gasteiger partial charge in [-0.3, -0.25) is 4.79 Å². The summed E-state index contributed by atoms with van der Waals surface area (Å²) in [6, 6.07) is 15.4. The molecular formula is C15H10BrIO. The third-order valence-electron chi connectivity index (χ3n) is 2.41. The summed E-state index contributed by atoms with van der Waals surface area (Å²) < 4.78 is 2.10. The molecule has 0 aliphatic rings. The zero-order valence-corrected chi connectivity index (χ0v) is 13.2. The summed E-state index contributed by atoms with van der Waals surface area (Å²) in [5.74, 6) is 0.0245. The van der Waals surface area contributed by atoms with Crippen molar-refractivity contribution in [3.63, 3.8) is 0 Å². The first kappa shape index (κ1) is 13.5. The lowest BCUT2D eigenvalue weighted by molar-refractivity contribution is 0.104. The van der Waals surface area contributed by atoms with E-state index in [0.29, 0.717) is 0 Å². The van der Waals surface area contributed by atoms with Crippen molar-refractivity contribution in [1.82, 2.24) is 0 Å². The van der Waals surface area contributed by atoms with Gasteiger partial charge in [0.05, 0.1) is 0 Å². The van der Waals surface area contributed by atoms with E-state index < -0.39 is 0 Å². The van der Waals surface area contributed by atoms with Gasteiger partial charge >= 0.3 is 0 Å². The summed E-state index contributed by atoms with van der Waals surface area (Å²) in [4.78, 5) is 11.9. The van der Waals surface area contributed by atoms with Gasteiger partial charge in [0, 0.05) is 13.6 Å². The average molecular weight is 413 g/mol. The second-order valence-corrected chi connectivity index (χ2v) is 5.92. The molecule has 0 amide bonds. The molecule has 0 aliphatic heterocycles. The molecule has 18 heavy (non-hydrogen) atoms. The van der Waals surface area contributed by atoms with E-state index in [9.17, 15) is 4.79 Å². The number of rotatable bonds is 3. The molecule has 1 nitrogen and oxygen atoms in total. The summed E-state index contributed by atoms with van der Waals surface area (Å²) >= 11 is 5.58. The number of carbonyl (C=O) groups excluding carboxylic acids is 1. The maximum Gasteiger partial charge on any atom is 0.185 e. The van der Waals surface area contributed by atoms with Crippen molar-refractivity contribution < 1.29 is 4.79 Å². The highest BCUT2D eigenvalue weighted by molar-refractivity contribution is 14.1. The number of ketones is 1. The molecule has 0 heterocycles. The normalized spacial score (nSPS) is 10.8. The molecule has 2 aromatic carbocycles. The Kier molecular flexibility index (Phi) is 4.72. The van der Waals surface area contributed by atoms with Gasteiger partial charge in [-0.2, -0.15) is 0 Å². The highest BCUT2D eigenvalue weighted by Crippen LogP contribution is 2.13. The number of benzene rings is 2. The lowest BCUT2D eigenvalue weighted by Gasteiger charge is -1.97. The van der Waals surface area contributed by atoms with E-state index in [4.69, 9.17) is 0 Å². The first-order valence-electron chi connectivity index (χ1n) is 5.39. The van der Waals surface area contributed by atoms with E-state index in [1.807, 2.05) is 54.6 Å². The fourth-order valence-corrected chi connectivity index (χ4v) is 2.29. The fraction of sp³-hybridized carbons (Fsp3) is 0. The van der Waals surface area contributed by atoms with E-state index in [1.54, 1.807) is 6.08 Å². The Hall–Kier alpha value is -0.940. The van der Waals surface area contributed by atoms with Crippen LogP contribution < -0.4 is 0 Å². The number of hydrogen-bond acceptors (Lipinski definition) is 1. The van der Waals surface area contributed by atoms with Gasteiger partial charge in [0.15, 0.2) is 5.78 Å². The Bertz CT molecular complexity index is 588. The Labute approximate surface area is 128 Å². The molecule has 90 valence electrons. The van der Waals surface area contributed by atoms with E-state index in [2.05, 4.69) is 38.5 Å². The SMILES string of the molecule is O=C(/C=C/c1ccc(Br)cc1)c1cccc(I)c1. The van der Waals surface area contributed by atoms with Crippen molar-refractivity contribution in [1.29, 1.82) is 0 Å². The van der Waals surface area contributed by atoms with Crippen LogP contribution in [0.15, 0.2) is 59.1 Å². The largest absolute Gasteiger partial charge is 0.289 e. The zero-order valence-electron chi connectivity index (χ0n) is 9.44. The van der Waals surface area contributed by atoms with E-state index in [0.717, 1.165) is 19.2 Å². The molecule has 0 atom stereocenters. The van der Waals surface area contributed by atoms with Gasteiger partial charge in [0.1, 0.15) is 0 Å². The summed E-state index contributed by atoms with van der Waals surface area (Å²) in [6.45, 7) is 0. The molecule has 0 aliphatic carbocycles.